The molecule has 0 saturated carbocycles. The van der Waals surface area contributed by atoms with Crippen molar-refractivity contribution in [3.8, 4) is 0 Å². The van der Waals surface area contributed by atoms with E-state index in [0.29, 0.717) is 112 Å². The van der Waals surface area contributed by atoms with Crippen molar-refractivity contribution < 1.29 is 57.0 Å². The van der Waals surface area contributed by atoms with Crippen LogP contribution in [0, 0.1) is 0 Å². The Kier molecular flexibility index (Phi) is 26.6. The molecule has 12 nitrogen and oxygen atoms in total. The molecule has 1 N–H and O–H groups in total. The van der Waals surface area contributed by atoms with Crippen LogP contribution in [-0.4, -0.2) is 131 Å². The molecule has 38 heavy (non-hydrogen) atoms. The smallest absolute Gasteiger partial charge is 0.305 e. The van der Waals surface area contributed by atoms with Gasteiger partial charge in [0.25, 0.3) is 0 Å². The Bertz CT molecular complexity index is 545. The predicted molar refractivity (Wildman–Crippen MR) is 142 cm³/mol. The topological polar surface area (TPSA) is 137 Å². The molecule has 0 rings (SSSR count). The second kappa shape index (κ2) is 27.4. The Balaban J connectivity index is 3.12. The number of aliphatic carboxylic acids is 1. The van der Waals surface area contributed by atoms with Gasteiger partial charge in [0.15, 0.2) is 8.32 Å². The summed E-state index contributed by atoms with van der Waals surface area (Å²) >= 11 is 0. The summed E-state index contributed by atoms with van der Waals surface area (Å²) in [6.45, 7) is 14.0. The van der Waals surface area contributed by atoms with Gasteiger partial charge in [-0.2, -0.15) is 0 Å². The second-order valence-electron chi connectivity index (χ2n) is 9.07. The van der Waals surface area contributed by atoms with Crippen LogP contribution in [0.3, 0.4) is 0 Å². The average Bonchev–Trinajstić information content (AvgIpc) is 2.85. The molecule has 13 heteroatoms. The van der Waals surface area contributed by atoms with E-state index >= 15 is 0 Å². The highest BCUT2D eigenvalue weighted by Crippen LogP contribution is 2.02. The second-order valence-corrected chi connectivity index (χ2v) is 13.6. The van der Waals surface area contributed by atoms with Crippen LogP contribution in [0.25, 0.3) is 0 Å². The van der Waals surface area contributed by atoms with Gasteiger partial charge in [-0.1, -0.05) is 0 Å². The molecule has 0 fully saturated rings. The van der Waals surface area contributed by atoms with E-state index in [1.165, 1.54) is 0 Å². The van der Waals surface area contributed by atoms with Crippen molar-refractivity contribution in [3.05, 3.63) is 0 Å². The van der Waals surface area contributed by atoms with Crippen molar-refractivity contribution in [2.75, 3.05) is 106 Å². The zero-order valence-corrected chi connectivity index (χ0v) is 24.6. The molecule has 0 aliphatic heterocycles. The Hall–Kier alpha value is -1.16. The molecular formula is C25H50O12Si. The van der Waals surface area contributed by atoms with Crippen LogP contribution in [0.4, 0.5) is 0 Å². The minimum Gasteiger partial charge on any atom is -0.481 e. The first-order chi connectivity index (χ1) is 18.3. The summed E-state index contributed by atoms with van der Waals surface area (Å²) in [5.41, 5.74) is 0. The summed E-state index contributed by atoms with van der Waals surface area (Å²) in [5.74, 6) is -1.20. The quantitative estimate of drug-likeness (QED) is 0.0769. The maximum Gasteiger partial charge on any atom is 0.305 e. The van der Waals surface area contributed by atoms with Gasteiger partial charge >= 0.3 is 11.9 Å². The maximum atomic E-state index is 11.4. The van der Waals surface area contributed by atoms with Crippen molar-refractivity contribution in [3.63, 3.8) is 0 Å². The van der Waals surface area contributed by atoms with E-state index in [4.69, 9.17) is 47.4 Å². The Labute approximate surface area is 228 Å². The highest BCUT2D eigenvalue weighted by Gasteiger charge is 2.13. The van der Waals surface area contributed by atoms with Crippen molar-refractivity contribution in [2.45, 2.75) is 45.3 Å². The van der Waals surface area contributed by atoms with E-state index in [2.05, 4.69) is 19.6 Å². The van der Waals surface area contributed by atoms with E-state index in [9.17, 15) is 9.59 Å². The molecule has 0 heterocycles. The van der Waals surface area contributed by atoms with Gasteiger partial charge < -0.3 is 47.4 Å². The standard InChI is InChI=1S/C25H50O12Si/c1-38(2,3)37-23-21-35-19-17-33-15-13-31-11-9-29-8-10-30-12-14-32-16-18-34-20-22-36-25(28)7-5-4-6-24(26)27/h4-23H2,1-3H3,(H,26,27). The Morgan fingerprint density at radius 2 is 0.816 bits per heavy atom. The van der Waals surface area contributed by atoms with Crippen molar-refractivity contribution in [1.29, 1.82) is 0 Å². The molecule has 226 valence electrons. The zero-order valence-electron chi connectivity index (χ0n) is 23.6. The SMILES string of the molecule is C[Si](C)(C)OCCOCCOCCOCCOCCOCCOCCOCCOC(=O)CCCCC(=O)O. The number of hydrogen-bond donors (Lipinski definition) is 1. The molecule has 0 aromatic rings. The third kappa shape index (κ3) is 32.9. The third-order valence-electron chi connectivity index (χ3n) is 4.51. The number of carboxylic acids is 1. The van der Waals surface area contributed by atoms with E-state index in [0.717, 1.165) is 0 Å². The van der Waals surface area contributed by atoms with Crippen LogP contribution in [0.15, 0.2) is 0 Å². The van der Waals surface area contributed by atoms with Crippen molar-refractivity contribution in [2.24, 2.45) is 0 Å². The maximum absolute atomic E-state index is 11.4. The molecule has 0 aliphatic carbocycles. The molecule has 0 amide bonds. The monoisotopic (exact) mass is 570 g/mol. The van der Waals surface area contributed by atoms with Gasteiger partial charge in [-0.05, 0) is 32.5 Å². The number of hydrogen-bond acceptors (Lipinski definition) is 11. The lowest BCUT2D eigenvalue weighted by Crippen LogP contribution is -2.27. The lowest BCUT2D eigenvalue weighted by molar-refractivity contribution is -0.146. The molecule has 0 bridgehead atoms. The van der Waals surface area contributed by atoms with Crippen LogP contribution in [0.2, 0.25) is 19.6 Å². The first-order valence-corrected chi connectivity index (χ1v) is 16.8. The fourth-order valence-corrected chi connectivity index (χ4v) is 3.36. The molecular weight excluding hydrogens is 520 g/mol. The number of esters is 1. The predicted octanol–water partition coefficient (Wildman–Crippen LogP) is 2.14. The first-order valence-electron chi connectivity index (χ1n) is 13.4. The summed E-state index contributed by atoms with van der Waals surface area (Å²) < 4.78 is 48.6. The lowest BCUT2D eigenvalue weighted by Gasteiger charge is -2.16. The summed E-state index contributed by atoms with van der Waals surface area (Å²) in [4.78, 5) is 21.8. The van der Waals surface area contributed by atoms with Gasteiger partial charge in [0.05, 0.1) is 99.1 Å². The van der Waals surface area contributed by atoms with Crippen molar-refractivity contribution in [1.82, 2.24) is 0 Å². The Morgan fingerprint density at radius 1 is 0.500 bits per heavy atom. The Morgan fingerprint density at radius 3 is 1.16 bits per heavy atom. The molecule has 0 aromatic heterocycles. The van der Waals surface area contributed by atoms with Crippen LogP contribution >= 0.6 is 0 Å². The van der Waals surface area contributed by atoms with Crippen LogP contribution in [0.1, 0.15) is 25.7 Å². The average molecular weight is 571 g/mol. The van der Waals surface area contributed by atoms with Gasteiger partial charge in [0.2, 0.25) is 0 Å². The van der Waals surface area contributed by atoms with Gasteiger partial charge in [-0.25, -0.2) is 0 Å². The third-order valence-corrected chi connectivity index (χ3v) is 5.58. The molecule has 0 unspecified atom stereocenters. The lowest BCUT2D eigenvalue weighted by atomic mass is 10.2. The molecule has 0 aromatic carbocycles. The molecule has 0 atom stereocenters. The van der Waals surface area contributed by atoms with E-state index in [1.54, 1.807) is 0 Å². The van der Waals surface area contributed by atoms with Crippen LogP contribution in [-0.2, 0) is 51.9 Å². The van der Waals surface area contributed by atoms with Gasteiger partial charge in [0.1, 0.15) is 6.61 Å². The zero-order chi connectivity index (χ0) is 28.2. The van der Waals surface area contributed by atoms with Crippen LogP contribution < -0.4 is 0 Å². The molecule has 0 radical (unpaired) electrons. The highest BCUT2D eigenvalue weighted by molar-refractivity contribution is 6.69. The van der Waals surface area contributed by atoms with Crippen LogP contribution in [0.5, 0.6) is 0 Å². The summed E-state index contributed by atoms with van der Waals surface area (Å²) in [5, 5.41) is 8.53. The minimum absolute atomic E-state index is 0.0650. The largest absolute Gasteiger partial charge is 0.481 e. The van der Waals surface area contributed by atoms with Gasteiger partial charge in [-0.3, -0.25) is 9.59 Å². The summed E-state index contributed by atoms with van der Waals surface area (Å²) in [7, 11) is -1.46. The number of rotatable bonds is 30. The fraction of sp³-hybridized carbons (Fsp3) is 0.920. The number of ether oxygens (including phenoxy) is 8. The van der Waals surface area contributed by atoms with Gasteiger partial charge in [0, 0.05) is 12.8 Å². The summed E-state index contributed by atoms with van der Waals surface area (Å²) in [6, 6.07) is 0. The normalized spacial score (nSPS) is 11.7. The fourth-order valence-electron chi connectivity index (χ4n) is 2.66. The summed E-state index contributed by atoms with van der Waals surface area (Å²) in [6.07, 6.45) is 1.26. The first kappa shape index (κ1) is 36.8. The van der Waals surface area contributed by atoms with Gasteiger partial charge in [-0.15, -0.1) is 0 Å². The van der Waals surface area contributed by atoms with E-state index < -0.39 is 14.3 Å². The van der Waals surface area contributed by atoms with Crippen molar-refractivity contribution >= 4 is 20.3 Å². The molecule has 0 aliphatic rings. The molecule has 0 spiro atoms. The number of unbranched alkanes of at least 4 members (excludes halogenated alkanes) is 1. The number of carbonyl (C=O) groups is 2. The minimum atomic E-state index is -1.46. The number of carboxylic acid groups (broad SMARTS) is 1. The number of carbonyl (C=O) groups excluding carboxylic acids is 1. The molecule has 0 saturated heterocycles. The van der Waals surface area contributed by atoms with E-state index in [1.807, 2.05) is 0 Å². The van der Waals surface area contributed by atoms with E-state index in [-0.39, 0.29) is 25.4 Å². The highest BCUT2D eigenvalue weighted by atomic mass is 28.4.